The summed E-state index contributed by atoms with van der Waals surface area (Å²) in [6, 6.07) is 9.71. The number of aliphatic hydroxyl groups excluding tert-OH is 4. The highest BCUT2D eigenvalue weighted by Gasteiger charge is 2.45. The molecule has 12 nitrogen and oxygen atoms in total. The normalized spacial score (nSPS) is 23.9. The molecule has 5 atom stereocenters. The molecule has 1 heterocycles. The zero-order valence-electron chi connectivity index (χ0n) is 20.5. The van der Waals surface area contributed by atoms with Crippen molar-refractivity contribution in [3.8, 4) is 17.2 Å². The number of amides is 1. The van der Waals surface area contributed by atoms with Crippen LogP contribution in [-0.4, -0.2) is 78.1 Å². The Labute approximate surface area is 214 Å². The van der Waals surface area contributed by atoms with Crippen LogP contribution in [0.3, 0.4) is 0 Å². The molecule has 0 radical (unpaired) electrons. The van der Waals surface area contributed by atoms with Gasteiger partial charge in [0.2, 0.25) is 6.29 Å². The second-order valence-corrected chi connectivity index (χ2v) is 9.83. The van der Waals surface area contributed by atoms with E-state index in [0.717, 1.165) is 18.1 Å². The quantitative estimate of drug-likeness (QED) is 0.278. The highest BCUT2D eigenvalue weighted by atomic mass is 32.3. The summed E-state index contributed by atoms with van der Waals surface area (Å²) in [5.41, 5.74) is 0.997. The van der Waals surface area contributed by atoms with Crippen molar-refractivity contribution in [2.75, 3.05) is 6.61 Å². The van der Waals surface area contributed by atoms with Crippen molar-refractivity contribution in [2.45, 2.75) is 63.9 Å². The number of benzene rings is 2. The Bertz CT molecular complexity index is 1170. The lowest BCUT2D eigenvalue weighted by Gasteiger charge is -2.39. The van der Waals surface area contributed by atoms with E-state index in [4.69, 9.17) is 17.8 Å². The molecular weight excluding hydrogens is 510 g/mol. The number of hydrogen-bond donors (Lipinski definition) is 5. The Morgan fingerprint density at radius 2 is 1.68 bits per heavy atom. The van der Waals surface area contributed by atoms with Crippen LogP contribution in [0.25, 0.3) is 0 Å². The largest absolute Gasteiger partial charge is 0.501 e. The number of aryl methyl sites for hydroxylation is 1. The molecule has 1 aliphatic heterocycles. The molecule has 3 rings (SSSR count). The lowest BCUT2D eigenvalue weighted by molar-refractivity contribution is -0.277. The number of carbonyl (C=O) groups is 1. The van der Waals surface area contributed by atoms with Gasteiger partial charge in [-0.2, -0.15) is 0 Å². The van der Waals surface area contributed by atoms with E-state index in [1.807, 2.05) is 6.92 Å². The Balaban J connectivity index is 1.91. The minimum Gasteiger partial charge on any atom is -0.458 e. The molecule has 204 valence electrons. The van der Waals surface area contributed by atoms with E-state index in [9.17, 15) is 33.6 Å². The summed E-state index contributed by atoms with van der Waals surface area (Å²) in [5.74, 6) is -1.30. The van der Waals surface area contributed by atoms with Crippen molar-refractivity contribution in [3.63, 3.8) is 0 Å². The zero-order valence-corrected chi connectivity index (χ0v) is 21.3. The maximum Gasteiger partial charge on any atom is 0.501 e. The minimum atomic E-state index is -4.73. The highest BCUT2D eigenvalue weighted by molar-refractivity contribution is 7.82. The molecule has 2 aromatic carbocycles. The van der Waals surface area contributed by atoms with E-state index in [-0.39, 0.29) is 23.1 Å². The third-order valence-electron chi connectivity index (χ3n) is 5.44. The van der Waals surface area contributed by atoms with Crippen LogP contribution in [0, 0.1) is 0 Å². The van der Waals surface area contributed by atoms with Crippen LogP contribution in [0.4, 0.5) is 0 Å². The van der Waals surface area contributed by atoms with Gasteiger partial charge >= 0.3 is 10.4 Å². The van der Waals surface area contributed by atoms with E-state index in [1.165, 1.54) is 24.3 Å². The van der Waals surface area contributed by atoms with Crippen LogP contribution in [0.1, 0.15) is 36.7 Å². The molecular formula is C24H31NO11S. The van der Waals surface area contributed by atoms with E-state index in [2.05, 4.69) is 5.32 Å². The molecule has 0 aromatic heterocycles. The van der Waals surface area contributed by atoms with Gasteiger partial charge in [-0.15, -0.1) is 8.42 Å². The molecule has 37 heavy (non-hydrogen) atoms. The van der Waals surface area contributed by atoms with Crippen molar-refractivity contribution >= 4 is 16.3 Å². The fourth-order valence-corrected chi connectivity index (χ4v) is 4.20. The Kier molecular flexibility index (Phi) is 9.34. The van der Waals surface area contributed by atoms with E-state index >= 15 is 0 Å². The molecule has 1 fully saturated rings. The second-order valence-electron chi connectivity index (χ2n) is 8.68. The molecule has 0 spiro atoms. The van der Waals surface area contributed by atoms with Crippen molar-refractivity contribution in [1.82, 2.24) is 5.32 Å². The van der Waals surface area contributed by atoms with Gasteiger partial charge in [-0.1, -0.05) is 19.1 Å². The predicted molar refractivity (Wildman–Crippen MR) is 129 cm³/mol. The van der Waals surface area contributed by atoms with Gasteiger partial charge in [0, 0.05) is 11.6 Å². The summed E-state index contributed by atoms with van der Waals surface area (Å²) in [6.07, 6.45) is -7.26. The maximum absolute atomic E-state index is 12.7. The summed E-state index contributed by atoms with van der Waals surface area (Å²) < 4.78 is 46.4. The van der Waals surface area contributed by atoms with Crippen molar-refractivity contribution in [2.24, 2.45) is 0 Å². The second kappa shape index (κ2) is 12.1. The summed E-state index contributed by atoms with van der Waals surface area (Å²) in [4.78, 5) is 12.5. The molecule has 0 unspecified atom stereocenters. The predicted octanol–water partition coefficient (Wildman–Crippen LogP) is 0.269. The van der Waals surface area contributed by atoms with E-state index in [1.54, 1.807) is 26.0 Å². The smallest absolute Gasteiger partial charge is 0.458 e. The monoisotopic (exact) mass is 541 g/mol. The van der Waals surface area contributed by atoms with Crippen LogP contribution in [0.15, 0.2) is 42.5 Å². The SMILES string of the molecule is CCc1ccc(OS(=O)(=O)Oc2cc(C(=O)NC(C)C)ccc2O[C@@H]2O[C@H](CO)[C@H](O)[C@H](O)[C@H]2O)cc1. The van der Waals surface area contributed by atoms with Crippen LogP contribution in [-0.2, 0) is 21.6 Å². The first-order chi connectivity index (χ1) is 17.4. The molecule has 0 aliphatic carbocycles. The van der Waals surface area contributed by atoms with Crippen LogP contribution >= 0.6 is 0 Å². The molecule has 1 aliphatic rings. The fourth-order valence-electron chi connectivity index (χ4n) is 3.47. The molecule has 13 heteroatoms. The summed E-state index contributed by atoms with van der Waals surface area (Å²) in [7, 11) is -4.73. The molecule has 0 saturated carbocycles. The first kappa shape index (κ1) is 28.6. The van der Waals surface area contributed by atoms with Crippen molar-refractivity contribution in [3.05, 3.63) is 53.6 Å². The number of aliphatic hydroxyl groups is 4. The summed E-state index contributed by atoms with van der Waals surface area (Å²) >= 11 is 0. The van der Waals surface area contributed by atoms with Gasteiger partial charge in [-0.3, -0.25) is 4.79 Å². The van der Waals surface area contributed by atoms with Gasteiger partial charge in [0.15, 0.2) is 11.5 Å². The standard InChI is InChI=1S/C24H31NO11S/c1-4-14-5-8-16(9-6-14)35-37(31,32)36-18-11-15(23(30)25-13(2)3)7-10-17(18)33-24-22(29)21(28)20(27)19(12-26)34-24/h5-11,13,19-22,24,26-29H,4,12H2,1-3H3,(H,25,30)/t19-,20+,21+,22-,24-/m1/s1. The number of hydrogen-bond acceptors (Lipinski definition) is 11. The first-order valence-electron chi connectivity index (χ1n) is 11.6. The van der Waals surface area contributed by atoms with Crippen LogP contribution in [0.5, 0.6) is 17.2 Å². The Morgan fingerprint density at radius 1 is 1.00 bits per heavy atom. The lowest BCUT2D eigenvalue weighted by Crippen LogP contribution is -2.60. The van der Waals surface area contributed by atoms with Gasteiger partial charge in [-0.05, 0) is 56.2 Å². The molecule has 0 bridgehead atoms. The van der Waals surface area contributed by atoms with E-state index in [0.29, 0.717) is 0 Å². The van der Waals surface area contributed by atoms with Crippen LogP contribution in [0.2, 0.25) is 0 Å². The van der Waals surface area contributed by atoms with Gasteiger partial charge in [0.1, 0.15) is 30.2 Å². The van der Waals surface area contributed by atoms with E-state index < -0.39 is 59.4 Å². The van der Waals surface area contributed by atoms with Gasteiger partial charge in [0.05, 0.1) is 6.61 Å². The number of carbonyl (C=O) groups excluding carboxylic acids is 1. The average Bonchev–Trinajstić information content (AvgIpc) is 2.84. The number of rotatable bonds is 10. The Hall–Kier alpha value is -2.94. The molecule has 5 N–H and O–H groups in total. The average molecular weight is 542 g/mol. The van der Waals surface area contributed by atoms with Crippen LogP contribution < -0.4 is 18.4 Å². The number of nitrogens with one attached hydrogen (secondary N) is 1. The third-order valence-corrected chi connectivity index (χ3v) is 6.22. The fraction of sp³-hybridized carbons (Fsp3) is 0.458. The van der Waals surface area contributed by atoms with Gasteiger partial charge in [0.25, 0.3) is 5.91 Å². The molecule has 2 aromatic rings. The van der Waals surface area contributed by atoms with Crippen molar-refractivity contribution in [1.29, 1.82) is 0 Å². The maximum atomic E-state index is 12.7. The summed E-state index contributed by atoms with van der Waals surface area (Å²) in [6.45, 7) is 4.73. The first-order valence-corrected chi connectivity index (χ1v) is 12.9. The van der Waals surface area contributed by atoms with Crippen molar-refractivity contribution < 1.29 is 51.5 Å². The highest BCUT2D eigenvalue weighted by Crippen LogP contribution is 2.34. The van der Waals surface area contributed by atoms with Gasteiger partial charge in [-0.25, -0.2) is 0 Å². The summed E-state index contributed by atoms with van der Waals surface area (Å²) in [5, 5.41) is 42.4. The Morgan fingerprint density at radius 3 is 2.27 bits per heavy atom. The third kappa shape index (κ3) is 7.31. The number of ether oxygens (including phenoxy) is 2. The molecule has 1 amide bonds. The molecule has 1 saturated heterocycles. The zero-order chi connectivity index (χ0) is 27.3. The van der Waals surface area contributed by atoms with Gasteiger partial charge < -0.3 is 43.6 Å². The topological polar surface area (TPSA) is 181 Å². The minimum absolute atomic E-state index is 0.0118. The lowest BCUT2D eigenvalue weighted by atomic mass is 9.99.